The SMILES string of the molecule is OCC1CCCN(CCC(O)c2ccc(Br)cc2Cl)C1. The first-order valence-electron chi connectivity index (χ1n) is 7.06. The molecule has 1 aliphatic heterocycles. The Labute approximate surface area is 133 Å². The number of rotatable bonds is 5. The van der Waals surface area contributed by atoms with Crippen LogP contribution in [-0.4, -0.2) is 41.4 Å². The van der Waals surface area contributed by atoms with Crippen molar-refractivity contribution in [2.75, 3.05) is 26.2 Å². The molecule has 1 heterocycles. The molecule has 0 aromatic heterocycles. The van der Waals surface area contributed by atoms with E-state index in [1.165, 1.54) is 0 Å². The van der Waals surface area contributed by atoms with Gasteiger partial charge in [0.05, 0.1) is 6.10 Å². The first-order chi connectivity index (χ1) is 9.60. The predicted octanol–water partition coefficient (Wildman–Crippen LogP) is 3.23. The maximum absolute atomic E-state index is 10.3. The Kier molecular flexibility index (Phi) is 6.30. The summed E-state index contributed by atoms with van der Waals surface area (Å²) in [5, 5.41) is 20.1. The largest absolute Gasteiger partial charge is 0.396 e. The van der Waals surface area contributed by atoms with Crippen LogP contribution in [0.2, 0.25) is 5.02 Å². The number of halogens is 2. The van der Waals surface area contributed by atoms with Gasteiger partial charge in [-0.25, -0.2) is 0 Å². The van der Waals surface area contributed by atoms with Crippen molar-refractivity contribution in [1.29, 1.82) is 0 Å². The van der Waals surface area contributed by atoms with E-state index >= 15 is 0 Å². The fourth-order valence-electron chi connectivity index (χ4n) is 2.74. The van der Waals surface area contributed by atoms with Crippen molar-refractivity contribution in [2.24, 2.45) is 5.92 Å². The van der Waals surface area contributed by atoms with Gasteiger partial charge in [0.25, 0.3) is 0 Å². The summed E-state index contributed by atoms with van der Waals surface area (Å²) < 4.78 is 0.917. The molecule has 0 radical (unpaired) electrons. The van der Waals surface area contributed by atoms with E-state index in [4.69, 9.17) is 11.6 Å². The highest BCUT2D eigenvalue weighted by Gasteiger charge is 2.20. The molecule has 0 spiro atoms. The normalized spacial score (nSPS) is 21.9. The van der Waals surface area contributed by atoms with Gasteiger partial charge < -0.3 is 15.1 Å². The Morgan fingerprint density at radius 3 is 2.95 bits per heavy atom. The van der Waals surface area contributed by atoms with E-state index in [9.17, 15) is 10.2 Å². The standard InChI is InChI=1S/C15H21BrClNO2/c16-12-3-4-13(14(17)8-12)15(20)5-7-18-6-1-2-11(9-18)10-19/h3-4,8,11,15,19-20H,1-2,5-7,9-10H2. The van der Waals surface area contributed by atoms with Crippen LogP contribution < -0.4 is 0 Å². The quantitative estimate of drug-likeness (QED) is 0.845. The van der Waals surface area contributed by atoms with Crippen LogP contribution in [0.1, 0.15) is 30.9 Å². The highest BCUT2D eigenvalue weighted by atomic mass is 79.9. The topological polar surface area (TPSA) is 43.7 Å². The van der Waals surface area contributed by atoms with Gasteiger partial charge in [0, 0.05) is 29.2 Å². The molecule has 2 N–H and O–H groups in total. The Morgan fingerprint density at radius 1 is 1.45 bits per heavy atom. The van der Waals surface area contributed by atoms with Crippen molar-refractivity contribution < 1.29 is 10.2 Å². The Balaban J connectivity index is 1.86. The second-order valence-electron chi connectivity index (χ2n) is 5.46. The molecule has 2 unspecified atom stereocenters. The molecule has 0 amide bonds. The van der Waals surface area contributed by atoms with Crippen LogP contribution in [0.15, 0.2) is 22.7 Å². The summed E-state index contributed by atoms with van der Waals surface area (Å²) in [6, 6.07) is 5.57. The molecule has 2 atom stereocenters. The molecule has 20 heavy (non-hydrogen) atoms. The van der Waals surface area contributed by atoms with E-state index in [2.05, 4.69) is 20.8 Å². The molecule has 1 fully saturated rings. The van der Waals surface area contributed by atoms with Gasteiger partial charge in [-0.2, -0.15) is 0 Å². The minimum absolute atomic E-state index is 0.262. The van der Waals surface area contributed by atoms with Gasteiger partial charge in [-0.3, -0.25) is 0 Å². The number of hydrogen-bond acceptors (Lipinski definition) is 3. The molecule has 5 heteroatoms. The summed E-state index contributed by atoms with van der Waals surface area (Å²) in [5.41, 5.74) is 0.783. The molecule has 0 aliphatic carbocycles. The lowest BCUT2D eigenvalue weighted by Gasteiger charge is -2.32. The Bertz CT molecular complexity index is 444. The number of piperidine rings is 1. The lowest BCUT2D eigenvalue weighted by molar-refractivity contribution is 0.0963. The molecule has 2 rings (SSSR count). The maximum atomic E-state index is 10.3. The van der Waals surface area contributed by atoms with Crippen molar-refractivity contribution in [1.82, 2.24) is 4.90 Å². The molecular formula is C15H21BrClNO2. The van der Waals surface area contributed by atoms with Crippen LogP contribution in [0.4, 0.5) is 0 Å². The van der Waals surface area contributed by atoms with E-state index in [1.54, 1.807) is 0 Å². The average molecular weight is 363 g/mol. The summed E-state index contributed by atoms with van der Waals surface area (Å²) in [4.78, 5) is 2.32. The average Bonchev–Trinajstić information content (AvgIpc) is 2.45. The summed E-state index contributed by atoms with van der Waals surface area (Å²) in [6.45, 7) is 3.08. The van der Waals surface area contributed by atoms with Crippen molar-refractivity contribution in [3.8, 4) is 0 Å². The number of benzene rings is 1. The lowest BCUT2D eigenvalue weighted by Crippen LogP contribution is -2.37. The molecule has 1 saturated heterocycles. The summed E-state index contributed by atoms with van der Waals surface area (Å²) in [6.07, 6.45) is 2.36. The summed E-state index contributed by atoms with van der Waals surface area (Å²) >= 11 is 9.52. The fourth-order valence-corrected chi connectivity index (χ4v) is 3.53. The number of likely N-dealkylation sites (tertiary alicyclic amines) is 1. The van der Waals surface area contributed by atoms with Crippen LogP contribution in [0, 0.1) is 5.92 Å². The van der Waals surface area contributed by atoms with E-state index in [-0.39, 0.29) is 6.61 Å². The van der Waals surface area contributed by atoms with Gasteiger partial charge in [0.2, 0.25) is 0 Å². The van der Waals surface area contributed by atoms with Gasteiger partial charge in [-0.05, 0) is 49.4 Å². The second-order valence-corrected chi connectivity index (χ2v) is 6.78. The monoisotopic (exact) mass is 361 g/mol. The van der Waals surface area contributed by atoms with Crippen LogP contribution in [0.3, 0.4) is 0 Å². The van der Waals surface area contributed by atoms with Crippen LogP contribution in [-0.2, 0) is 0 Å². The Morgan fingerprint density at radius 2 is 2.25 bits per heavy atom. The Hall–Kier alpha value is -0.130. The summed E-state index contributed by atoms with van der Waals surface area (Å²) in [7, 11) is 0. The molecule has 1 aromatic carbocycles. The number of aliphatic hydroxyl groups excluding tert-OH is 2. The van der Waals surface area contributed by atoms with Gasteiger partial charge in [0.1, 0.15) is 0 Å². The zero-order chi connectivity index (χ0) is 14.5. The van der Waals surface area contributed by atoms with Gasteiger partial charge >= 0.3 is 0 Å². The van der Waals surface area contributed by atoms with Crippen LogP contribution in [0.25, 0.3) is 0 Å². The molecule has 0 saturated carbocycles. The van der Waals surface area contributed by atoms with Crippen LogP contribution in [0.5, 0.6) is 0 Å². The smallest absolute Gasteiger partial charge is 0.0816 e. The van der Waals surface area contributed by atoms with Crippen LogP contribution >= 0.6 is 27.5 Å². The van der Waals surface area contributed by atoms with Crippen molar-refractivity contribution in [2.45, 2.75) is 25.4 Å². The van der Waals surface area contributed by atoms with Crippen molar-refractivity contribution in [3.05, 3.63) is 33.3 Å². The highest BCUT2D eigenvalue weighted by molar-refractivity contribution is 9.10. The maximum Gasteiger partial charge on any atom is 0.0816 e. The molecule has 1 aromatic rings. The third-order valence-corrected chi connectivity index (χ3v) is 4.72. The van der Waals surface area contributed by atoms with Gasteiger partial charge in [0.15, 0.2) is 0 Å². The molecule has 1 aliphatic rings. The first kappa shape index (κ1) is 16.2. The fraction of sp³-hybridized carbons (Fsp3) is 0.600. The number of nitrogens with zero attached hydrogens (tertiary/aromatic N) is 1. The van der Waals surface area contributed by atoms with Gasteiger partial charge in [-0.15, -0.1) is 0 Å². The third kappa shape index (κ3) is 4.43. The molecular weight excluding hydrogens is 342 g/mol. The number of hydrogen-bond donors (Lipinski definition) is 2. The molecule has 0 bridgehead atoms. The zero-order valence-corrected chi connectivity index (χ0v) is 13.8. The number of aliphatic hydroxyl groups is 2. The minimum Gasteiger partial charge on any atom is -0.396 e. The minimum atomic E-state index is -0.537. The lowest BCUT2D eigenvalue weighted by atomic mass is 9.98. The van der Waals surface area contributed by atoms with Crippen molar-refractivity contribution >= 4 is 27.5 Å². The van der Waals surface area contributed by atoms with E-state index < -0.39 is 6.10 Å². The summed E-state index contributed by atoms with van der Waals surface area (Å²) in [5.74, 6) is 0.386. The second kappa shape index (κ2) is 7.76. The third-order valence-electron chi connectivity index (χ3n) is 3.90. The van der Waals surface area contributed by atoms with E-state index in [1.807, 2.05) is 18.2 Å². The van der Waals surface area contributed by atoms with E-state index in [0.29, 0.717) is 17.4 Å². The van der Waals surface area contributed by atoms with Crippen molar-refractivity contribution in [3.63, 3.8) is 0 Å². The highest BCUT2D eigenvalue weighted by Crippen LogP contribution is 2.28. The predicted molar refractivity (Wildman–Crippen MR) is 85.0 cm³/mol. The van der Waals surface area contributed by atoms with E-state index in [0.717, 1.165) is 42.5 Å². The molecule has 3 nitrogen and oxygen atoms in total. The van der Waals surface area contributed by atoms with Gasteiger partial charge in [-0.1, -0.05) is 33.6 Å². The zero-order valence-electron chi connectivity index (χ0n) is 11.4. The first-order valence-corrected chi connectivity index (χ1v) is 8.23. The molecule has 112 valence electrons.